The van der Waals surface area contributed by atoms with E-state index >= 15 is 0 Å². The summed E-state index contributed by atoms with van der Waals surface area (Å²) in [6, 6.07) is 0. The van der Waals surface area contributed by atoms with Crippen LogP contribution >= 0.6 is 0 Å². The molecule has 0 N–H and O–H groups in total. The van der Waals surface area contributed by atoms with Crippen LogP contribution in [-0.2, 0) is 9.53 Å². The van der Waals surface area contributed by atoms with Crippen LogP contribution < -0.4 is 4.90 Å². The first-order valence-corrected chi connectivity index (χ1v) is 5.44. The summed E-state index contributed by atoms with van der Waals surface area (Å²) in [5.41, 5.74) is 0.560. The van der Waals surface area contributed by atoms with Gasteiger partial charge in [-0.3, -0.25) is 9.78 Å². The van der Waals surface area contributed by atoms with Crippen molar-refractivity contribution in [3.8, 4) is 0 Å². The van der Waals surface area contributed by atoms with Gasteiger partial charge in [-0.25, -0.2) is 0 Å². The molecule has 0 saturated carbocycles. The molecule has 0 aliphatic heterocycles. The molecule has 0 aliphatic carbocycles. The van der Waals surface area contributed by atoms with Gasteiger partial charge in [0, 0.05) is 13.6 Å². The number of tetrazole rings is 1. The van der Waals surface area contributed by atoms with E-state index in [1.807, 2.05) is 11.9 Å². The number of rotatable bonds is 4. The van der Waals surface area contributed by atoms with E-state index in [1.165, 1.54) is 7.11 Å². The molecule has 18 heavy (non-hydrogen) atoms. The van der Waals surface area contributed by atoms with Crippen molar-refractivity contribution in [3.05, 3.63) is 12.4 Å². The fraction of sp³-hybridized carbons (Fsp3) is 0.500. The quantitative estimate of drug-likeness (QED) is 0.692. The molecule has 1 unspecified atom stereocenters. The molecule has 2 aromatic rings. The van der Waals surface area contributed by atoms with E-state index < -0.39 is 0 Å². The molecule has 0 amide bonds. The summed E-state index contributed by atoms with van der Waals surface area (Å²) in [5.74, 6) is 0.221. The Morgan fingerprint density at radius 1 is 1.56 bits per heavy atom. The van der Waals surface area contributed by atoms with Crippen molar-refractivity contribution in [2.75, 3.05) is 25.6 Å². The van der Waals surface area contributed by atoms with Gasteiger partial charge in [-0.1, -0.05) is 6.92 Å². The van der Waals surface area contributed by atoms with Crippen LogP contribution in [0.1, 0.15) is 6.92 Å². The number of hydrogen-bond donors (Lipinski definition) is 0. The maximum absolute atomic E-state index is 11.4. The van der Waals surface area contributed by atoms with Gasteiger partial charge < -0.3 is 9.64 Å². The first-order chi connectivity index (χ1) is 8.63. The van der Waals surface area contributed by atoms with E-state index in [2.05, 4.69) is 20.5 Å². The number of anilines is 1. The second-order valence-corrected chi connectivity index (χ2v) is 4.02. The van der Waals surface area contributed by atoms with Gasteiger partial charge in [0.1, 0.15) is 0 Å². The Balaban J connectivity index is 2.20. The Morgan fingerprint density at radius 2 is 2.33 bits per heavy atom. The molecule has 8 nitrogen and oxygen atoms in total. The van der Waals surface area contributed by atoms with Crippen molar-refractivity contribution < 1.29 is 9.53 Å². The third-order valence-electron chi connectivity index (χ3n) is 2.63. The maximum Gasteiger partial charge on any atom is 0.310 e. The van der Waals surface area contributed by atoms with Crippen molar-refractivity contribution in [2.24, 2.45) is 5.92 Å². The average Bonchev–Trinajstić information content (AvgIpc) is 2.85. The fourth-order valence-corrected chi connectivity index (χ4v) is 1.70. The maximum atomic E-state index is 11.4. The lowest BCUT2D eigenvalue weighted by atomic mass is 10.2. The number of aromatic nitrogens is 5. The SMILES string of the molecule is COC(=O)C(C)CN(C)c1cncc2nnnn12. The summed E-state index contributed by atoms with van der Waals surface area (Å²) in [6.07, 6.45) is 3.22. The minimum Gasteiger partial charge on any atom is -0.469 e. The number of methoxy groups -OCH3 is 1. The normalized spacial score (nSPS) is 12.4. The first-order valence-electron chi connectivity index (χ1n) is 5.44. The van der Waals surface area contributed by atoms with E-state index in [9.17, 15) is 4.79 Å². The van der Waals surface area contributed by atoms with Crippen molar-refractivity contribution in [1.82, 2.24) is 25.0 Å². The van der Waals surface area contributed by atoms with Crippen LogP contribution in [0.5, 0.6) is 0 Å². The molecule has 0 saturated heterocycles. The van der Waals surface area contributed by atoms with Crippen molar-refractivity contribution >= 4 is 17.4 Å². The van der Waals surface area contributed by atoms with Gasteiger partial charge in [-0.2, -0.15) is 4.52 Å². The lowest BCUT2D eigenvalue weighted by Gasteiger charge is -2.21. The summed E-state index contributed by atoms with van der Waals surface area (Å²) in [6.45, 7) is 2.29. The Labute approximate surface area is 104 Å². The topological polar surface area (TPSA) is 85.5 Å². The van der Waals surface area contributed by atoms with Crippen LogP contribution in [0, 0.1) is 5.92 Å². The number of esters is 1. The zero-order valence-electron chi connectivity index (χ0n) is 10.4. The smallest absolute Gasteiger partial charge is 0.310 e. The highest BCUT2D eigenvalue weighted by Gasteiger charge is 2.17. The van der Waals surface area contributed by atoms with E-state index in [0.717, 1.165) is 0 Å². The molecule has 0 radical (unpaired) electrons. The van der Waals surface area contributed by atoms with E-state index in [1.54, 1.807) is 23.8 Å². The van der Waals surface area contributed by atoms with Crippen LogP contribution in [0.15, 0.2) is 12.4 Å². The third kappa shape index (κ3) is 2.22. The Morgan fingerprint density at radius 3 is 3.06 bits per heavy atom. The average molecular weight is 250 g/mol. The monoisotopic (exact) mass is 250 g/mol. The number of carbonyl (C=O) groups excluding carboxylic acids is 1. The van der Waals surface area contributed by atoms with Gasteiger partial charge in [0.25, 0.3) is 0 Å². The molecule has 96 valence electrons. The van der Waals surface area contributed by atoms with Crippen molar-refractivity contribution in [2.45, 2.75) is 6.92 Å². The molecule has 0 fully saturated rings. The summed E-state index contributed by atoms with van der Waals surface area (Å²) in [4.78, 5) is 17.3. The predicted octanol–water partition coefficient (Wildman–Crippen LogP) is -0.235. The molecular weight excluding hydrogens is 236 g/mol. The van der Waals surface area contributed by atoms with Gasteiger partial charge in [0.05, 0.1) is 25.4 Å². The Hall–Kier alpha value is -2.25. The van der Waals surface area contributed by atoms with Gasteiger partial charge in [-0.05, 0) is 10.4 Å². The van der Waals surface area contributed by atoms with Crippen LogP contribution in [0.25, 0.3) is 5.65 Å². The fourth-order valence-electron chi connectivity index (χ4n) is 1.70. The van der Waals surface area contributed by atoms with Crippen LogP contribution in [0.4, 0.5) is 5.82 Å². The molecule has 0 aromatic carbocycles. The highest BCUT2D eigenvalue weighted by Crippen LogP contribution is 2.13. The number of fused-ring (bicyclic) bond motifs is 1. The van der Waals surface area contributed by atoms with Gasteiger partial charge >= 0.3 is 5.97 Å². The zero-order valence-corrected chi connectivity index (χ0v) is 10.4. The van der Waals surface area contributed by atoms with Crippen LogP contribution in [0.2, 0.25) is 0 Å². The second-order valence-electron chi connectivity index (χ2n) is 4.02. The summed E-state index contributed by atoms with van der Waals surface area (Å²) in [5, 5.41) is 11.3. The van der Waals surface area contributed by atoms with E-state index in [-0.39, 0.29) is 11.9 Å². The predicted molar refractivity (Wildman–Crippen MR) is 63.0 cm³/mol. The molecule has 0 spiro atoms. The molecule has 2 heterocycles. The number of hydrogen-bond acceptors (Lipinski definition) is 7. The first kappa shape index (κ1) is 12.2. The van der Waals surface area contributed by atoms with E-state index in [0.29, 0.717) is 18.0 Å². The molecule has 8 heteroatoms. The lowest BCUT2D eigenvalue weighted by molar-refractivity contribution is -0.144. The minimum atomic E-state index is -0.251. The van der Waals surface area contributed by atoms with Crippen molar-refractivity contribution in [1.29, 1.82) is 0 Å². The standard InChI is InChI=1S/C10H14N6O2/c1-7(10(17)18-3)6-15(2)9-5-11-4-8-12-13-14-16(8)9/h4-5,7H,6H2,1-3H3. The number of ether oxygens (including phenoxy) is 1. The Bertz CT molecular complexity index is 554. The largest absolute Gasteiger partial charge is 0.469 e. The Kier molecular flexibility index (Phi) is 3.35. The molecule has 2 rings (SSSR count). The highest BCUT2D eigenvalue weighted by atomic mass is 16.5. The molecule has 2 aromatic heterocycles. The molecule has 0 bridgehead atoms. The molecule has 1 atom stereocenters. The van der Waals surface area contributed by atoms with Crippen molar-refractivity contribution in [3.63, 3.8) is 0 Å². The highest BCUT2D eigenvalue weighted by molar-refractivity contribution is 5.72. The zero-order chi connectivity index (χ0) is 13.1. The third-order valence-corrected chi connectivity index (χ3v) is 2.63. The molecule has 0 aliphatic rings. The second kappa shape index (κ2) is 4.94. The van der Waals surface area contributed by atoms with Gasteiger partial charge in [0.2, 0.25) is 0 Å². The van der Waals surface area contributed by atoms with Gasteiger partial charge in [0.15, 0.2) is 11.5 Å². The van der Waals surface area contributed by atoms with Crippen LogP contribution in [-0.4, -0.2) is 51.7 Å². The summed E-state index contributed by atoms with van der Waals surface area (Å²) in [7, 11) is 3.22. The van der Waals surface area contributed by atoms with Gasteiger partial charge in [-0.15, -0.1) is 5.10 Å². The van der Waals surface area contributed by atoms with E-state index in [4.69, 9.17) is 4.74 Å². The lowest BCUT2D eigenvalue weighted by Crippen LogP contribution is -2.30. The minimum absolute atomic E-state index is 0.244. The van der Waals surface area contributed by atoms with Crippen LogP contribution in [0.3, 0.4) is 0 Å². The summed E-state index contributed by atoms with van der Waals surface area (Å²) < 4.78 is 6.26. The molecular formula is C10H14N6O2. The number of nitrogens with zero attached hydrogens (tertiary/aromatic N) is 6. The summed E-state index contributed by atoms with van der Waals surface area (Å²) >= 11 is 0. The number of carbonyl (C=O) groups is 1.